The minimum atomic E-state index is -0.586. The Morgan fingerprint density at radius 2 is 1.76 bits per heavy atom. The van der Waals surface area contributed by atoms with E-state index in [9.17, 15) is 9.59 Å². The standard InChI is InChI=1S/C25H31N5O3S/c1-16-8-10-19(11-9-16)22-17(2)34-24(28-22)26-20(32)12-13-21-27-23(30-33-21)25(29-18(3)31)14-6-4-5-7-15-25/h8-11H,4-7,12-15H2,1-3H3,(H,29,31)(H,26,28,32). The fraction of sp³-hybridized carbons (Fsp3) is 0.480. The lowest BCUT2D eigenvalue weighted by molar-refractivity contribution is -0.121. The molecular formula is C25H31N5O3S. The van der Waals surface area contributed by atoms with Crippen molar-refractivity contribution in [3.63, 3.8) is 0 Å². The predicted molar refractivity (Wildman–Crippen MR) is 131 cm³/mol. The molecule has 0 saturated heterocycles. The summed E-state index contributed by atoms with van der Waals surface area (Å²) in [4.78, 5) is 34.7. The van der Waals surface area contributed by atoms with Crippen LogP contribution in [0.15, 0.2) is 28.8 Å². The number of rotatable bonds is 7. The summed E-state index contributed by atoms with van der Waals surface area (Å²) >= 11 is 1.46. The number of anilines is 1. The SMILES string of the molecule is CC(=O)NC1(c2noc(CCC(=O)Nc3nc(-c4ccc(C)cc4)c(C)s3)n2)CCCCCC1. The van der Waals surface area contributed by atoms with Crippen molar-refractivity contribution in [1.29, 1.82) is 0 Å². The molecule has 2 heterocycles. The van der Waals surface area contributed by atoms with Crippen LogP contribution in [0.25, 0.3) is 11.3 Å². The van der Waals surface area contributed by atoms with Crippen LogP contribution >= 0.6 is 11.3 Å². The number of nitrogens with zero attached hydrogens (tertiary/aromatic N) is 3. The number of nitrogens with one attached hydrogen (secondary N) is 2. The van der Waals surface area contributed by atoms with E-state index in [0.29, 0.717) is 23.3 Å². The van der Waals surface area contributed by atoms with Gasteiger partial charge in [0.15, 0.2) is 11.0 Å². The maximum absolute atomic E-state index is 12.6. The fourth-order valence-corrected chi connectivity index (χ4v) is 5.31. The second-order valence-electron chi connectivity index (χ2n) is 9.03. The maximum atomic E-state index is 12.6. The van der Waals surface area contributed by atoms with E-state index in [1.165, 1.54) is 23.8 Å². The molecule has 8 nitrogen and oxygen atoms in total. The van der Waals surface area contributed by atoms with Gasteiger partial charge in [-0.25, -0.2) is 4.98 Å². The van der Waals surface area contributed by atoms with Gasteiger partial charge in [0.2, 0.25) is 17.7 Å². The van der Waals surface area contributed by atoms with Crippen molar-refractivity contribution < 1.29 is 14.1 Å². The molecule has 0 spiro atoms. The van der Waals surface area contributed by atoms with Gasteiger partial charge in [-0.2, -0.15) is 4.98 Å². The summed E-state index contributed by atoms with van der Waals surface area (Å²) in [5.74, 6) is 0.652. The van der Waals surface area contributed by atoms with Crippen molar-refractivity contribution in [2.24, 2.45) is 0 Å². The first-order valence-corrected chi connectivity index (χ1v) is 12.6. The van der Waals surface area contributed by atoms with Gasteiger partial charge in [-0.3, -0.25) is 9.59 Å². The van der Waals surface area contributed by atoms with E-state index in [1.54, 1.807) is 0 Å². The number of carbonyl (C=O) groups is 2. The number of benzene rings is 1. The molecule has 2 aromatic heterocycles. The van der Waals surface area contributed by atoms with E-state index in [4.69, 9.17) is 4.52 Å². The molecule has 2 amide bonds. The molecule has 0 bridgehead atoms. The van der Waals surface area contributed by atoms with Gasteiger partial charge in [-0.15, -0.1) is 11.3 Å². The van der Waals surface area contributed by atoms with Gasteiger partial charge in [0.1, 0.15) is 5.54 Å². The quantitative estimate of drug-likeness (QED) is 0.456. The molecule has 1 saturated carbocycles. The molecule has 1 aliphatic rings. The number of thiazole rings is 1. The monoisotopic (exact) mass is 481 g/mol. The fourth-order valence-electron chi connectivity index (χ4n) is 4.46. The first kappa shape index (κ1) is 24.1. The number of aryl methyl sites for hydroxylation is 3. The van der Waals surface area contributed by atoms with Gasteiger partial charge >= 0.3 is 0 Å². The zero-order chi connectivity index (χ0) is 24.1. The second kappa shape index (κ2) is 10.5. The summed E-state index contributed by atoms with van der Waals surface area (Å²) in [6.07, 6.45) is 6.38. The Balaban J connectivity index is 1.38. The highest BCUT2D eigenvalue weighted by Crippen LogP contribution is 2.35. The highest BCUT2D eigenvalue weighted by Gasteiger charge is 2.38. The molecule has 180 valence electrons. The third kappa shape index (κ3) is 5.70. The van der Waals surface area contributed by atoms with Crippen LogP contribution < -0.4 is 10.6 Å². The molecule has 0 radical (unpaired) electrons. The van der Waals surface area contributed by atoms with Gasteiger partial charge in [-0.1, -0.05) is 60.7 Å². The van der Waals surface area contributed by atoms with Gasteiger partial charge in [0.25, 0.3) is 0 Å². The Morgan fingerprint density at radius 1 is 1.06 bits per heavy atom. The van der Waals surface area contributed by atoms with E-state index in [-0.39, 0.29) is 18.2 Å². The van der Waals surface area contributed by atoms with Crippen LogP contribution in [-0.4, -0.2) is 26.9 Å². The molecule has 2 N–H and O–H groups in total. The van der Waals surface area contributed by atoms with Gasteiger partial charge in [0.05, 0.1) is 5.69 Å². The van der Waals surface area contributed by atoms with Crippen LogP contribution in [0.1, 0.15) is 74.0 Å². The smallest absolute Gasteiger partial charge is 0.227 e. The average molecular weight is 482 g/mol. The van der Waals surface area contributed by atoms with Crippen molar-refractivity contribution in [3.05, 3.63) is 46.4 Å². The van der Waals surface area contributed by atoms with Crippen LogP contribution in [0.3, 0.4) is 0 Å². The third-order valence-electron chi connectivity index (χ3n) is 6.20. The third-order valence-corrected chi connectivity index (χ3v) is 7.09. The number of hydrogen-bond acceptors (Lipinski definition) is 7. The molecule has 0 aliphatic heterocycles. The summed E-state index contributed by atoms with van der Waals surface area (Å²) in [6, 6.07) is 8.18. The molecule has 3 aromatic rings. The number of amides is 2. The normalized spacial score (nSPS) is 15.5. The van der Waals surface area contributed by atoms with E-state index in [2.05, 4.69) is 37.9 Å². The molecule has 34 heavy (non-hydrogen) atoms. The maximum Gasteiger partial charge on any atom is 0.227 e. The molecule has 1 aliphatic carbocycles. The lowest BCUT2D eigenvalue weighted by Crippen LogP contribution is -2.45. The van der Waals surface area contributed by atoms with Gasteiger partial charge in [-0.05, 0) is 26.7 Å². The lowest BCUT2D eigenvalue weighted by atomic mass is 9.89. The average Bonchev–Trinajstić information content (AvgIpc) is 3.34. The number of hydrogen-bond donors (Lipinski definition) is 2. The Kier molecular flexibility index (Phi) is 7.41. The summed E-state index contributed by atoms with van der Waals surface area (Å²) in [7, 11) is 0. The molecule has 1 aromatic carbocycles. The predicted octanol–water partition coefficient (Wildman–Crippen LogP) is 5.07. The van der Waals surface area contributed by atoms with E-state index >= 15 is 0 Å². The second-order valence-corrected chi connectivity index (χ2v) is 10.2. The van der Waals surface area contributed by atoms with Gasteiger partial charge < -0.3 is 15.2 Å². The largest absolute Gasteiger partial charge is 0.343 e. The van der Waals surface area contributed by atoms with Gasteiger partial charge in [0, 0.05) is 30.2 Å². The Hall–Kier alpha value is -3.07. The molecule has 0 unspecified atom stereocenters. The minimum absolute atomic E-state index is 0.101. The zero-order valence-electron chi connectivity index (χ0n) is 19.9. The molecule has 1 fully saturated rings. The Bertz CT molecular complexity index is 1140. The molecular weight excluding hydrogens is 450 g/mol. The first-order valence-electron chi connectivity index (χ1n) is 11.8. The highest BCUT2D eigenvalue weighted by molar-refractivity contribution is 7.16. The van der Waals surface area contributed by atoms with Crippen LogP contribution in [-0.2, 0) is 21.5 Å². The first-order chi connectivity index (χ1) is 16.3. The molecule has 4 rings (SSSR count). The minimum Gasteiger partial charge on any atom is -0.343 e. The summed E-state index contributed by atoms with van der Waals surface area (Å²) in [5, 5.41) is 10.7. The van der Waals surface area contributed by atoms with Crippen LogP contribution in [0.5, 0.6) is 0 Å². The van der Waals surface area contributed by atoms with Crippen molar-refractivity contribution in [2.45, 2.75) is 77.7 Å². The number of aromatic nitrogens is 3. The van der Waals surface area contributed by atoms with E-state index in [0.717, 1.165) is 54.7 Å². The van der Waals surface area contributed by atoms with Crippen LogP contribution in [0, 0.1) is 13.8 Å². The lowest BCUT2D eigenvalue weighted by Gasteiger charge is -2.30. The molecule has 9 heteroatoms. The van der Waals surface area contributed by atoms with Crippen molar-refractivity contribution in [1.82, 2.24) is 20.4 Å². The topological polar surface area (TPSA) is 110 Å². The summed E-state index contributed by atoms with van der Waals surface area (Å²) < 4.78 is 5.45. The summed E-state index contributed by atoms with van der Waals surface area (Å²) in [6.45, 7) is 5.56. The Labute approximate surface area is 203 Å². The molecule has 0 atom stereocenters. The summed E-state index contributed by atoms with van der Waals surface area (Å²) in [5.41, 5.74) is 2.52. The zero-order valence-corrected chi connectivity index (χ0v) is 20.8. The highest BCUT2D eigenvalue weighted by atomic mass is 32.1. The van der Waals surface area contributed by atoms with Crippen molar-refractivity contribution >= 4 is 28.3 Å². The van der Waals surface area contributed by atoms with E-state index < -0.39 is 5.54 Å². The van der Waals surface area contributed by atoms with Crippen molar-refractivity contribution in [2.75, 3.05) is 5.32 Å². The Morgan fingerprint density at radius 3 is 2.44 bits per heavy atom. The van der Waals surface area contributed by atoms with Crippen LogP contribution in [0.2, 0.25) is 0 Å². The van der Waals surface area contributed by atoms with E-state index in [1.807, 2.05) is 26.0 Å². The number of carbonyl (C=O) groups excluding carboxylic acids is 2. The van der Waals surface area contributed by atoms with Crippen LogP contribution in [0.4, 0.5) is 5.13 Å². The van der Waals surface area contributed by atoms with Crippen molar-refractivity contribution in [3.8, 4) is 11.3 Å².